The molecule has 1 aromatic heterocycles. The van der Waals surface area contributed by atoms with E-state index in [1.165, 1.54) is 0 Å². The molecule has 0 bridgehead atoms. The van der Waals surface area contributed by atoms with Gasteiger partial charge in [0.05, 0.1) is 6.61 Å². The molecule has 0 saturated heterocycles. The maximum Gasteiger partial charge on any atom is 0.343 e. The highest BCUT2D eigenvalue weighted by molar-refractivity contribution is 5.91. The van der Waals surface area contributed by atoms with Crippen molar-refractivity contribution in [2.75, 3.05) is 6.61 Å². The summed E-state index contributed by atoms with van der Waals surface area (Å²) in [5.41, 5.74) is 6.21. The SMILES string of the molecule is CCOC(=O)c1cccnc1OC1CCC(N)C1. The number of hydrogen-bond acceptors (Lipinski definition) is 5. The van der Waals surface area contributed by atoms with E-state index in [4.69, 9.17) is 15.2 Å². The first-order valence-electron chi connectivity index (χ1n) is 6.25. The van der Waals surface area contributed by atoms with E-state index < -0.39 is 5.97 Å². The zero-order chi connectivity index (χ0) is 13.0. The van der Waals surface area contributed by atoms with Crippen molar-refractivity contribution in [1.82, 2.24) is 4.98 Å². The molecule has 2 unspecified atom stereocenters. The molecule has 0 spiro atoms. The van der Waals surface area contributed by atoms with E-state index in [1.54, 1.807) is 25.3 Å². The molecule has 98 valence electrons. The Bertz CT molecular complexity index is 422. The Morgan fingerprint density at radius 3 is 3.06 bits per heavy atom. The summed E-state index contributed by atoms with van der Waals surface area (Å²) in [5.74, 6) is -0.0575. The van der Waals surface area contributed by atoms with Crippen molar-refractivity contribution in [3.05, 3.63) is 23.9 Å². The van der Waals surface area contributed by atoms with Crippen LogP contribution in [-0.4, -0.2) is 29.7 Å². The lowest BCUT2D eigenvalue weighted by molar-refractivity contribution is 0.0517. The molecule has 1 heterocycles. The van der Waals surface area contributed by atoms with Crippen LogP contribution in [0.25, 0.3) is 0 Å². The monoisotopic (exact) mass is 250 g/mol. The molecule has 0 amide bonds. The van der Waals surface area contributed by atoms with Gasteiger partial charge in [-0.05, 0) is 38.3 Å². The predicted octanol–water partition coefficient (Wildman–Crippen LogP) is 1.52. The summed E-state index contributed by atoms with van der Waals surface area (Å²) in [6.07, 6.45) is 4.31. The molecule has 1 aliphatic carbocycles. The van der Waals surface area contributed by atoms with Gasteiger partial charge in [-0.1, -0.05) is 0 Å². The second-order valence-electron chi connectivity index (χ2n) is 4.39. The van der Waals surface area contributed by atoms with Crippen molar-refractivity contribution in [2.45, 2.75) is 38.3 Å². The van der Waals surface area contributed by atoms with Crippen molar-refractivity contribution in [2.24, 2.45) is 5.73 Å². The molecular formula is C13H18N2O3. The third-order valence-electron chi connectivity index (χ3n) is 2.97. The molecule has 18 heavy (non-hydrogen) atoms. The quantitative estimate of drug-likeness (QED) is 0.820. The summed E-state index contributed by atoms with van der Waals surface area (Å²) >= 11 is 0. The number of carbonyl (C=O) groups is 1. The number of esters is 1. The van der Waals surface area contributed by atoms with Crippen molar-refractivity contribution in [3.63, 3.8) is 0 Å². The summed E-state index contributed by atoms with van der Waals surface area (Å²) in [6, 6.07) is 3.54. The van der Waals surface area contributed by atoms with Gasteiger partial charge in [-0.15, -0.1) is 0 Å². The van der Waals surface area contributed by atoms with Gasteiger partial charge in [-0.25, -0.2) is 9.78 Å². The number of rotatable bonds is 4. The second kappa shape index (κ2) is 5.82. The highest BCUT2D eigenvalue weighted by atomic mass is 16.5. The number of aromatic nitrogens is 1. The summed E-state index contributed by atoms with van der Waals surface area (Å²) in [6.45, 7) is 2.10. The Morgan fingerprint density at radius 1 is 1.56 bits per heavy atom. The first-order valence-corrected chi connectivity index (χ1v) is 6.25. The van der Waals surface area contributed by atoms with Crippen LogP contribution in [0, 0.1) is 0 Å². The molecule has 2 rings (SSSR count). The number of hydrogen-bond donors (Lipinski definition) is 1. The maximum atomic E-state index is 11.7. The largest absolute Gasteiger partial charge is 0.474 e. The minimum atomic E-state index is -0.400. The summed E-state index contributed by atoms with van der Waals surface area (Å²) in [4.78, 5) is 15.8. The number of ether oxygens (including phenoxy) is 2. The van der Waals surface area contributed by atoms with E-state index in [0.29, 0.717) is 18.1 Å². The standard InChI is InChI=1S/C13H18N2O3/c1-2-17-13(16)11-4-3-7-15-12(11)18-10-6-5-9(14)8-10/h3-4,7,9-10H,2,5-6,8,14H2,1H3. The molecule has 0 radical (unpaired) electrons. The summed E-state index contributed by atoms with van der Waals surface area (Å²) in [7, 11) is 0. The molecule has 1 aliphatic rings. The zero-order valence-corrected chi connectivity index (χ0v) is 10.5. The van der Waals surface area contributed by atoms with Crippen LogP contribution < -0.4 is 10.5 Å². The van der Waals surface area contributed by atoms with E-state index in [9.17, 15) is 4.79 Å². The average Bonchev–Trinajstić information content (AvgIpc) is 2.76. The fraction of sp³-hybridized carbons (Fsp3) is 0.538. The summed E-state index contributed by atoms with van der Waals surface area (Å²) < 4.78 is 10.7. The Hall–Kier alpha value is -1.62. The molecule has 2 N–H and O–H groups in total. The fourth-order valence-electron chi connectivity index (χ4n) is 2.09. The topological polar surface area (TPSA) is 74.4 Å². The molecule has 0 aliphatic heterocycles. The summed E-state index contributed by atoms with van der Waals surface area (Å²) in [5, 5.41) is 0. The Kier molecular flexibility index (Phi) is 4.15. The van der Waals surface area contributed by atoms with Crippen molar-refractivity contribution in [3.8, 4) is 5.88 Å². The fourth-order valence-corrected chi connectivity index (χ4v) is 2.09. The van der Waals surface area contributed by atoms with Gasteiger partial charge >= 0.3 is 5.97 Å². The third-order valence-corrected chi connectivity index (χ3v) is 2.97. The van der Waals surface area contributed by atoms with Crippen molar-refractivity contribution in [1.29, 1.82) is 0 Å². The van der Waals surface area contributed by atoms with Gasteiger partial charge in [0.25, 0.3) is 0 Å². The third kappa shape index (κ3) is 2.98. The van der Waals surface area contributed by atoms with Crippen LogP contribution in [0.3, 0.4) is 0 Å². The molecule has 1 aromatic rings. The molecule has 1 fully saturated rings. The van der Waals surface area contributed by atoms with Crippen LogP contribution in [0.15, 0.2) is 18.3 Å². The Balaban J connectivity index is 2.10. The van der Waals surface area contributed by atoms with Gasteiger partial charge in [-0.2, -0.15) is 0 Å². The van der Waals surface area contributed by atoms with Gasteiger partial charge in [0.1, 0.15) is 11.7 Å². The van der Waals surface area contributed by atoms with Crippen LogP contribution >= 0.6 is 0 Å². The van der Waals surface area contributed by atoms with Gasteiger partial charge in [0.15, 0.2) is 0 Å². The first-order chi connectivity index (χ1) is 8.70. The van der Waals surface area contributed by atoms with Gasteiger partial charge in [-0.3, -0.25) is 0 Å². The molecule has 5 nitrogen and oxygen atoms in total. The molecule has 0 aromatic carbocycles. The zero-order valence-electron chi connectivity index (χ0n) is 10.5. The van der Waals surface area contributed by atoms with E-state index in [1.807, 2.05) is 0 Å². The number of pyridine rings is 1. The van der Waals surface area contributed by atoms with Crippen LogP contribution in [-0.2, 0) is 4.74 Å². The van der Waals surface area contributed by atoms with Crippen molar-refractivity contribution >= 4 is 5.97 Å². The Morgan fingerprint density at radius 2 is 2.39 bits per heavy atom. The van der Waals surface area contributed by atoms with E-state index in [-0.39, 0.29) is 12.1 Å². The number of nitrogens with two attached hydrogens (primary N) is 1. The van der Waals surface area contributed by atoms with Crippen molar-refractivity contribution < 1.29 is 14.3 Å². The first kappa shape index (κ1) is 12.8. The van der Waals surface area contributed by atoms with E-state index >= 15 is 0 Å². The van der Waals surface area contributed by atoms with Gasteiger partial charge in [0, 0.05) is 12.2 Å². The lowest BCUT2D eigenvalue weighted by Gasteiger charge is -2.14. The molecule has 1 saturated carbocycles. The smallest absolute Gasteiger partial charge is 0.343 e. The van der Waals surface area contributed by atoms with Crippen LogP contribution in [0.2, 0.25) is 0 Å². The van der Waals surface area contributed by atoms with E-state index in [0.717, 1.165) is 19.3 Å². The van der Waals surface area contributed by atoms with Crippen LogP contribution in [0.4, 0.5) is 0 Å². The Labute approximate surface area is 106 Å². The lowest BCUT2D eigenvalue weighted by atomic mass is 10.2. The average molecular weight is 250 g/mol. The second-order valence-corrected chi connectivity index (χ2v) is 4.39. The van der Waals surface area contributed by atoms with Gasteiger partial charge < -0.3 is 15.2 Å². The van der Waals surface area contributed by atoms with E-state index in [2.05, 4.69) is 4.98 Å². The minimum absolute atomic E-state index is 0.0445. The lowest BCUT2D eigenvalue weighted by Crippen LogP contribution is -2.20. The highest BCUT2D eigenvalue weighted by Gasteiger charge is 2.25. The normalized spacial score (nSPS) is 22.8. The number of nitrogens with zero attached hydrogens (tertiary/aromatic N) is 1. The molecular weight excluding hydrogens is 232 g/mol. The maximum absolute atomic E-state index is 11.7. The van der Waals surface area contributed by atoms with Crippen LogP contribution in [0.1, 0.15) is 36.5 Å². The number of carbonyl (C=O) groups excluding carboxylic acids is 1. The van der Waals surface area contributed by atoms with Crippen LogP contribution in [0.5, 0.6) is 5.88 Å². The minimum Gasteiger partial charge on any atom is -0.474 e. The van der Waals surface area contributed by atoms with Gasteiger partial charge in [0.2, 0.25) is 5.88 Å². The molecule has 5 heteroatoms. The molecule has 2 atom stereocenters. The predicted molar refractivity (Wildman–Crippen MR) is 66.4 cm³/mol. The highest BCUT2D eigenvalue weighted by Crippen LogP contribution is 2.24.